The Morgan fingerprint density at radius 3 is 2.13 bits per heavy atom. The molecule has 0 aliphatic carbocycles. The fraction of sp³-hybridized carbons (Fsp3) is 0.571. The molecule has 2 nitrogen and oxygen atoms in total. The molecule has 0 N–H and O–H groups in total. The van der Waals surface area contributed by atoms with Gasteiger partial charge in [0.2, 0.25) is 0 Å². The summed E-state index contributed by atoms with van der Waals surface area (Å²) in [6, 6.07) is 0. The number of hydrogen-bond donors (Lipinski definition) is 0. The maximum absolute atomic E-state index is 10.9. The lowest BCUT2D eigenvalue weighted by molar-refractivity contribution is -0.140. The fourth-order valence-corrected chi connectivity index (χ4v) is 1.79. The van der Waals surface area contributed by atoms with Gasteiger partial charge in [-0.3, -0.25) is 4.79 Å². The Labute approximate surface area is 147 Å². The summed E-state index contributed by atoms with van der Waals surface area (Å²) >= 11 is 0. The molecule has 0 radical (unpaired) electrons. The van der Waals surface area contributed by atoms with Gasteiger partial charge in [0, 0.05) is 10.5 Å². The van der Waals surface area contributed by atoms with Crippen LogP contribution in [0.3, 0.4) is 0 Å². The number of rotatable bonds is 14. The highest BCUT2D eigenvalue weighted by molar-refractivity contribution is 5.69. The van der Waals surface area contributed by atoms with Crippen LogP contribution in [0, 0.1) is 0 Å². The van der Waals surface area contributed by atoms with Crippen LogP contribution < -0.4 is 0 Å². The lowest BCUT2D eigenvalue weighted by Gasteiger charge is -1.95. The van der Waals surface area contributed by atoms with Gasteiger partial charge >= 0.3 is 5.97 Å². The molecule has 2 atom stereocenters. The van der Waals surface area contributed by atoms with E-state index in [9.17, 15) is 4.79 Å². The Hall–Kier alpha value is -1.57. The van der Waals surface area contributed by atoms with Gasteiger partial charge < -0.3 is 4.74 Å². The standard InChI is InChI=1S/C21H34O2/c1-3-4-5-6-7-8-9-10-11-12-13-14-15-16-17-18-19-20-21(22)23-2/h7-8,10-11,13-14,16-17H,3-6,9,12,15,18-20H2,1-2H3/b8-7-,11-10-,14-13-,17-16-/i1D,3D,6D/t3?,6-/m1/s1. The Kier molecular flexibility index (Phi) is 13.1. The van der Waals surface area contributed by atoms with Gasteiger partial charge in [-0.1, -0.05) is 68.3 Å². The minimum atomic E-state index is -0.349. The summed E-state index contributed by atoms with van der Waals surface area (Å²) in [5.74, 6) is -0.149. The maximum atomic E-state index is 10.9. The Bertz CT molecular complexity index is 456. The number of ether oxygens (including phenoxy) is 1. The van der Waals surface area contributed by atoms with Crippen LogP contribution >= 0.6 is 0 Å². The molecule has 0 bridgehead atoms. The molecule has 0 aliphatic heterocycles. The van der Waals surface area contributed by atoms with Gasteiger partial charge in [0.05, 0.1) is 7.11 Å². The van der Waals surface area contributed by atoms with Gasteiger partial charge in [-0.2, -0.15) is 0 Å². The first-order valence-electron chi connectivity index (χ1n) is 10.3. The zero-order chi connectivity index (χ0) is 19.5. The van der Waals surface area contributed by atoms with Gasteiger partial charge in [-0.05, 0) is 44.9 Å². The molecule has 0 fully saturated rings. The molecule has 130 valence electrons. The smallest absolute Gasteiger partial charge is 0.305 e. The predicted octanol–water partition coefficient (Wildman–Crippen LogP) is 6.31. The second kappa shape index (κ2) is 18.5. The van der Waals surface area contributed by atoms with Crippen LogP contribution in [0.15, 0.2) is 48.6 Å². The van der Waals surface area contributed by atoms with Crippen molar-refractivity contribution in [2.24, 2.45) is 0 Å². The van der Waals surface area contributed by atoms with Gasteiger partial charge in [0.1, 0.15) is 0 Å². The summed E-state index contributed by atoms with van der Waals surface area (Å²) in [6.45, 7) is 0.123. The minimum Gasteiger partial charge on any atom is -0.469 e. The van der Waals surface area contributed by atoms with E-state index in [0.717, 1.165) is 32.1 Å². The van der Waals surface area contributed by atoms with Crippen LogP contribution in [-0.4, -0.2) is 13.1 Å². The zero-order valence-corrected chi connectivity index (χ0v) is 14.5. The third-order valence-electron chi connectivity index (χ3n) is 3.11. The summed E-state index contributed by atoms with van der Waals surface area (Å²) in [6.07, 6.45) is 22.0. The van der Waals surface area contributed by atoms with Crippen LogP contribution in [0.1, 0.15) is 75.2 Å². The number of esters is 1. The molecule has 0 aliphatic rings. The number of carbonyl (C=O) groups is 1. The van der Waals surface area contributed by atoms with Gasteiger partial charge in [-0.25, -0.2) is 0 Å². The SMILES string of the molecule is [2H]CC([2H])CC[C@@H]([2H])/C=C\C/C=C\C/C=C\C/C=C\CCCC(=O)OC. The molecule has 0 spiro atoms. The lowest BCUT2D eigenvalue weighted by atomic mass is 10.2. The highest BCUT2D eigenvalue weighted by atomic mass is 16.5. The second-order valence-corrected chi connectivity index (χ2v) is 5.12. The number of hydrogen-bond acceptors (Lipinski definition) is 2. The van der Waals surface area contributed by atoms with Crippen molar-refractivity contribution in [3.8, 4) is 0 Å². The summed E-state index contributed by atoms with van der Waals surface area (Å²) in [7, 11) is 1.41. The van der Waals surface area contributed by atoms with Crippen LogP contribution in [0.5, 0.6) is 0 Å². The van der Waals surface area contributed by atoms with E-state index in [-0.39, 0.29) is 25.7 Å². The Morgan fingerprint density at radius 2 is 1.52 bits per heavy atom. The second-order valence-electron chi connectivity index (χ2n) is 5.12. The molecule has 0 rings (SSSR count). The molecule has 1 unspecified atom stereocenters. The highest BCUT2D eigenvalue weighted by Gasteiger charge is 1.96. The van der Waals surface area contributed by atoms with Crippen molar-refractivity contribution >= 4 is 5.97 Å². The molecule has 0 amide bonds. The largest absolute Gasteiger partial charge is 0.469 e. The van der Waals surface area contributed by atoms with Gasteiger partial charge in [0.25, 0.3) is 0 Å². The third kappa shape index (κ3) is 18.4. The number of carbonyl (C=O) groups excluding carboxylic acids is 1. The van der Waals surface area contributed by atoms with Crippen molar-refractivity contribution in [3.63, 3.8) is 0 Å². The predicted molar refractivity (Wildman–Crippen MR) is 100 cm³/mol. The molecular formula is C21H34O2. The number of unbranched alkanes of at least 4 members (excludes halogenated alkanes) is 1. The minimum absolute atomic E-state index is 0.123. The van der Waals surface area contributed by atoms with Gasteiger partial charge in [-0.15, -0.1) is 0 Å². The van der Waals surface area contributed by atoms with Crippen LogP contribution in [0.2, 0.25) is 0 Å². The molecule has 2 heteroatoms. The van der Waals surface area contributed by atoms with Gasteiger partial charge in [0.15, 0.2) is 0 Å². The summed E-state index contributed by atoms with van der Waals surface area (Å²) < 4.78 is 27.0. The van der Waals surface area contributed by atoms with E-state index in [2.05, 4.69) is 41.2 Å². The van der Waals surface area contributed by atoms with Crippen molar-refractivity contribution in [3.05, 3.63) is 48.6 Å². The average Bonchev–Trinajstić information content (AvgIpc) is 2.65. The Balaban J connectivity index is 3.60. The van der Waals surface area contributed by atoms with Crippen molar-refractivity contribution in [1.82, 2.24) is 0 Å². The van der Waals surface area contributed by atoms with E-state index in [4.69, 9.17) is 4.11 Å². The first kappa shape index (κ1) is 16.3. The van der Waals surface area contributed by atoms with Crippen LogP contribution in [0.25, 0.3) is 0 Å². The van der Waals surface area contributed by atoms with Crippen molar-refractivity contribution in [2.75, 3.05) is 7.11 Å². The molecule has 0 heterocycles. The van der Waals surface area contributed by atoms with E-state index < -0.39 is 0 Å². The number of allylic oxidation sites excluding steroid dienone is 8. The monoisotopic (exact) mass is 321 g/mol. The van der Waals surface area contributed by atoms with Crippen molar-refractivity contribution in [1.29, 1.82) is 0 Å². The van der Waals surface area contributed by atoms with E-state index in [1.807, 2.05) is 12.2 Å². The highest BCUT2D eigenvalue weighted by Crippen LogP contribution is 2.01. The van der Waals surface area contributed by atoms with Crippen molar-refractivity contribution < 1.29 is 13.6 Å². The van der Waals surface area contributed by atoms with E-state index in [1.54, 1.807) is 0 Å². The normalized spacial score (nSPS) is 16.8. The first-order chi connectivity index (χ1) is 12.6. The summed E-state index contributed by atoms with van der Waals surface area (Å²) in [4.78, 5) is 10.9. The average molecular weight is 322 g/mol. The van der Waals surface area contributed by atoms with E-state index in [0.29, 0.717) is 19.3 Å². The molecular weight excluding hydrogens is 284 g/mol. The molecule has 0 saturated carbocycles. The van der Waals surface area contributed by atoms with Crippen LogP contribution in [-0.2, 0) is 9.53 Å². The number of methoxy groups -OCH3 is 1. The molecule has 23 heavy (non-hydrogen) atoms. The lowest BCUT2D eigenvalue weighted by Crippen LogP contribution is -1.98. The molecule has 0 aromatic rings. The topological polar surface area (TPSA) is 26.3 Å². The van der Waals surface area contributed by atoms with Crippen molar-refractivity contribution in [2.45, 2.75) is 71.1 Å². The van der Waals surface area contributed by atoms with Crippen LogP contribution in [0.4, 0.5) is 0 Å². The molecule has 0 aromatic carbocycles. The Morgan fingerprint density at radius 1 is 0.913 bits per heavy atom. The molecule has 0 saturated heterocycles. The fourth-order valence-electron chi connectivity index (χ4n) is 1.79. The third-order valence-corrected chi connectivity index (χ3v) is 3.11. The summed E-state index contributed by atoms with van der Waals surface area (Å²) in [5.41, 5.74) is 0. The summed E-state index contributed by atoms with van der Waals surface area (Å²) in [5, 5.41) is 0. The molecule has 0 aromatic heterocycles. The first-order valence-corrected chi connectivity index (χ1v) is 8.42. The quantitative estimate of drug-likeness (QED) is 0.213. The van der Waals surface area contributed by atoms with E-state index >= 15 is 0 Å². The maximum Gasteiger partial charge on any atom is 0.305 e. The zero-order valence-electron chi connectivity index (χ0n) is 17.5. The van der Waals surface area contributed by atoms with E-state index in [1.165, 1.54) is 7.11 Å².